The van der Waals surface area contributed by atoms with Crippen molar-refractivity contribution in [3.05, 3.63) is 29.8 Å². The van der Waals surface area contributed by atoms with Crippen molar-refractivity contribution >= 4 is 5.97 Å². The number of aliphatic hydroxyl groups excluding tert-OH is 1. The molecule has 0 amide bonds. The molecule has 1 aliphatic rings. The van der Waals surface area contributed by atoms with Crippen LogP contribution in [0.3, 0.4) is 0 Å². The van der Waals surface area contributed by atoms with Gasteiger partial charge in [0.25, 0.3) is 0 Å². The summed E-state index contributed by atoms with van der Waals surface area (Å²) in [6, 6.07) is 6.91. The number of carboxylic acids is 1. The molecule has 146 valence electrons. The maximum absolute atomic E-state index is 10.9. The van der Waals surface area contributed by atoms with E-state index < -0.39 is 5.97 Å². The molecule has 26 heavy (non-hydrogen) atoms. The smallest absolute Gasteiger partial charge is 0.335 e. The van der Waals surface area contributed by atoms with Gasteiger partial charge in [0.1, 0.15) is 12.4 Å². The van der Waals surface area contributed by atoms with Crippen LogP contribution in [0.1, 0.15) is 62.7 Å². The lowest BCUT2D eigenvalue weighted by molar-refractivity contribution is 0.0696. The number of benzene rings is 1. The van der Waals surface area contributed by atoms with Crippen molar-refractivity contribution in [3.63, 3.8) is 0 Å². The van der Waals surface area contributed by atoms with Crippen molar-refractivity contribution in [1.29, 1.82) is 0 Å². The molecule has 2 rings (SSSR count). The largest absolute Gasteiger partial charge is 0.492 e. The molecule has 0 radical (unpaired) electrons. The van der Waals surface area contributed by atoms with Gasteiger partial charge in [-0.2, -0.15) is 0 Å². The van der Waals surface area contributed by atoms with E-state index in [4.69, 9.17) is 9.84 Å². The molecule has 2 unspecified atom stereocenters. The Morgan fingerprint density at radius 2 is 2.00 bits per heavy atom. The number of hydrogen-bond donors (Lipinski definition) is 2. The Morgan fingerprint density at radius 3 is 2.65 bits per heavy atom. The topological polar surface area (TPSA) is 70.0 Å². The molecule has 1 fully saturated rings. The number of rotatable bonds is 11. The van der Waals surface area contributed by atoms with Gasteiger partial charge < -0.3 is 14.9 Å². The van der Waals surface area contributed by atoms with Gasteiger partial charge >= 0.3 is 5.97 Å². The molecule has 5 heteroatoms. The Labute approximate surface area is 157 Å². The second-order valence-electron chi connectivity index (χ2n) is 7.45. The minimum atomic E-state index is -0.926. The van der Waals surface area contributed by atoms with Crippen LogP contribution in [0.2, 0.25) is 0 Å². The lowest BCUT2D eigenvalue weighted by Crippen LogP contribution is -2.38. The second kappa shape index (κ2) is 10.5. The van der Waals surface area contributed by atoms with Crippen LogP contribution in [0.5, 0.6) is 5.75 Å². The Morgan fingerprint density at radius 1 is 1.27 bits per heavy atom. The average Bonchev–Trinajstić information content (AvgIpc) is 2.98. The zero-order chi connectivity index (χ0) is 18.9. The summed E-state index contributed by atoms with van der Waals surface area (Å²) in [4.78, 5) is 13.3. The number of nitrogens with zero attached hydrogens (tertiary/aromatic N) is 1. The zero-order valence-corrected chi connectivity index (χ0v) is 16.1. The summed E-state index contributed by atoms with van der Waals surface area (Å²) in [5, 5.41) is 19.1. The minimum absolute atomic E-state index is 0.206. The summed E-state index contributed by atoms with van der Waals surface area (Å²) in [5.41, 5.74) is 0.269. The molecule has 0 aromatic heterocycles. The van der Waals surface area contributed by atoms with Gasteiger partial charge in [-0.05, 0) is 56.0 Å². The molecule has 3 atom stereocenters. The number of hydrogen-bond acceptors (Lipinski definition) is 4. The van der Waals surface area contributed by atoms with Crippen molar-refractivity contribution in [1.82, 2.24) is 4.90 Å². The van der Waals surface area contributed by atoms with E-state index in [1.807, 2.05) is 0 Å². The summed E-state index contributed by atoms with van der Waals surface area (Å²) in [6.07, 6.45) is 6.14. The van der Waals surface area contributed by atoms with Crippen molar-refractivity contribution in [2.45, 2.75) is 64.5 Å². The van der Waals surface area contributed by atoms with E-state index in [9.17, 15) is 9.90 Å². The summed E-state index contributed by atoms with van der Waals surface area (Å²) in [5.74, 6) is 0.337. The maximum atomic E-state index is 10.9. The van der Waals surface area contributed by atoms with Crippen molar-refractivity contribution in [3.8, 4) is 5.75 Å². The number of carboxylic acid groups (broad SMARTS) is 1. The second-order valence-corrected chi connectivity index (χ2v) is 7.45. The first-order valence-electron chi connectivity index (χ1n) is 9.89. The number of likely N-dealkylation sites (tertiary alicyclic amines) is 1. The van der Waals surface area contributed by atoms with E-state index in [1.165, 1.54) is 12.8 Å². The van der Waals surface area contributed by atoms with Gasteiger partial charge in [0, 0.05) is 12.6 Å². The predicted octanol–water partition coefficient (Wildman–Crippen LogP) is 3.81. The number of unbranched alkanes of at least 4 members (excludes halogenated alkanes) is 2. The monoisotopic (exact) mass is 363 g/mol. The van der Waals surface area contributed by atoms with Crippen LogP contribution in [0, 0.1) is 5.92 Å². The standard InChI is InChI=1S/C21H33NO4/c1-3-4-5-6-18(23)12-14-22-13-11-16(2)20(22)15-26-19-9-7-17(8-10-19)21(24)25/h7-10,16,18,20,23H,3-6,11-15H2,1-2H3,(H,24,25)/t16?,18?,20-/m0/s1. The highest BCUT2D eigenvalue weighted by atomic mass is 16.5. The molecule has 0 spiro atoms. The fourth-order valence-electron chi connectivity index (χ4n) is 3.60. The number of carbonyl (C=O) groups is 1. The summed E-state index contributed by atoms with van der Waals surface area (Å²) in [7, 11) is 0. The zero-order valence-electron chi connectivity index (χ0n) is 16.1. The van der Waals surface area contributed by atoms with E-state index >= 15 is 0 Å². The maximum Gasteiger partial charge on any atom is 0.335 e. The first-order chi connectivity index (χ1) is 12.5. The lowest BCUT2D eigenvalue weighted by Gasteiger charge is -2.27. The molecule has 0 saturated carbocycles. The summed E-state index contributed by atoms with van der Waals surface area (Å²) in [6.45, 7) is 6.98. The Kier molecular flexibility index (Phi) is 8.39. The molecule has 1 aromatic carbocycles. The SMILES string of the molecule is CCCCCC(O)CCN1CCC(C)[C@@H]1COc1ccc(C(=O)O)cc1. The minimum Gasteiger partial charge on any atom is -0.492 e. The van der Waals surface area contributed by atoms with Crippen LogP contribution in [0.4, 0.5) is 0 Å². The molecule has 1 aliphatic heterocycles. The van der Waals surface area contributed by atoms with Gasteiger partial charge in [-0.3, -0.25) is 4.90 Å². The fraction of sp³-hybridized carbons (Fsp3) is 0.667. The molecule has 2 N–H and O–H groups in total. The van der Waals surface area contributed by atoms with E-state index in [2.05, 4.69) is 18.7 Å². The van der Waals surface area contributed by atoms with Gasteiger partial charge in [-0.15, -0.1) is 0 Å². The highest BCUT2D eigenvalue weighted by molar-refractivity contribution is 5.87. The molecule has 1 aromatic rings. The average molecular weight is 363 g/mol. The van der Waals surface area contributed by atoms with Gasteiger partial charge in [-0.25, -0.2) is 4.79 Å². The van der Waals surface area contributed by atoms with Gasteiger partial charge in [0.2, 0.25) is 0 Å². The van der Waals surface area contributed by atoms with E-state index in [1.54, 1.807) is 24.3 Å². The number of aliphatic hydroxyl groups is 1. The quantitative estimate of drug-likeness (QED) is 0.585. The number of ether oxygens (including phenoxy) is 1. The van der Waals surface area contributed by atoms with Crippen LogP contribution >= 0.6 is 0 Å². The van der Waals surface area contributed by atoms with Crippen LogP contribution in [0.25, 0.3) is 0 Å². The summed E-state index contributed by atoms with van der Waals surface area (Å²) >= 11 is 0. The van der Waals surface area contributed by atoms with Gasteiger partial charge in [-0.1, -0.05) is 33.1 Å². The first-order valence-corrected chi connectivity index (χ1v) is 9.89. The van der Waals surface area contributed by atoms with Crippen LogP contribution in [0.15, 0.2) is 24.3 Å². The molecular weight excluding hydrogens is 330 g/mol. The van der Waals surface area contributed by atoms with Crippen LogP contribution < -0.4 is 4.74 Å². The third kappa shape index (κ3) is 6.29. The molecule has 1 heterocycles. The highest BCUT2D eigenvalue weighted by Crippen LogP contribution is 2.25. The molecule has 1 saturated heterocycles. The normalized spacial score (nSPS) is 21.7. The lowest BCUT2D eigenvalue weighted by atomic mass is 10.0. The Balaban J connectivity index is 1.79. The summed E-state index contributed by atoms with van der Waals surface area (Å²) < 4.78 is 5.91. The van der Waals surface area contributed by atoms with Crippen LogP contribution in [-0.4, -0.2) is 52.9 Å². The van der Waals surface area contributed by atoms with Crippen molar-refractivity contribution in [2.24, 2.45) is 5.92 Å². The Hall–Kier alpha value is -1.59. The third-order valence-electron chi connectivity index (χ3n) is 5.41. The van der Waals surface area contributed by atoms with Crippen molar-refractivity contribution < 1.29 is 19.7 Å². The Bertz CT molecular complexity index is 545. The van der Waals surface area contributed by atoms with Gasteiger partial charge in [0.15, 0.2) is 0 Å². The predicted molar refractivity (Wildman–Crippen MR) is 103 cm³/mol. The molecule has 0 aliphatic carbocycles. The number of aromatic carboxylic acids is 1. The highest BCUT2D eigenvalue weighted by Gasteiger charge is 2.31. The van der Waals surface area contributed by atoms with E-state index in [0.29, 0.717) is 24.3 Å². The van der Waals surface area contributed by atoms with E-state index in [0.717, 1.165) is 38.8 Å². The van der Waals surface area contributed by atoms with Crippen LogP contribution in [-0.2, 0) is 0 Å². The van der Waals surface area contributed by atoms with Gasteiger partial charge in [0.05, 0.1) is 11.7 Å². The molecule has 5 nitrogen and oxygen atoms in total. The fourth-order valence-corrected chi connectivity index (χ4v) is 3.60. The van der Waals surface area contributed by atoms with Crippen molar-refractivity contribution in [2.75, 3.05) is 19.7 Å². The molecule has 0 bridgehead atoms. The first kappa shape index (κ1) is 20.7. The molecular formula is C21H33NO4. The third-order valence-corrected chi connectivity index (χ3v) is 5.41. The van der Waals surface area contributed by atoms with E-state index in [-0.39, 0.29) is 11.7 Å².